The van der Waals surface area contributed by atoms with E-state index in [-0.39, 0.29) is 26.7 Å². The highest BCUT2D eigenvalue weighted by molar-refractivity contribution is 9.15. The maximum atomic E-state index is 11.0. The Kier molecular flexibility index (Phi) is 9.21. The van der Waals surface area contributed by atoms with E-state index >= 15 is 0 Å². The molecule has 0 bridgehead atoms. The van der Waals surface area contributed by atoms with Gasteiger partial charge in [-0.3, -0.25) is 0 Å². The Morgan fingerprint density at radius 3 is 1.29 bits per heavy atom. The van der Waals surface area contributed by atoms with Crippen molar-refractivity contribution in [1.29, 1.82) is 0 Å². The van der Waals surface area contributed by atoms with Gasteiger partial charge in [0.1, 0.15) is 0 Å². The van der Waals surface area contributed by atoms with Crippen LogP contribution in [0.3, 0.4) is 0 Å². The second-order valence-corrected chi connectivity index (χ2v) is 6.82. The van der Waals surface area contributed by atoms with E-state index < -0.39 is 18.0 Å². The maximum absolute atomic E-state index is 11.0. The van der Waals surface area contributed by atoms with E-state index in [1.165, 1.54) is 6.92 Å². The molecule has 0 fully saturated rings. The van der Waals surface area contributed by atoms with Crippen molar-refractivity contribution >= 4 is 75.7 Å². The molecule has 1 unspecified atom stereocenters. The Morgan fingerprint density at radius 1 is 0.905 bits per heavy atom. The van der Waals surface area contributed by atoms with Crippen LogP contribution in [0.1, 0.15) is 27.6 Å². The zero-order valence-electron chi connectivity index (χ0n) is 10.4. The molecule has 1 rings (SSSR count). The number of rotatable bonds is 3. The van der Waals surface area contributed by atoms with Crippen LogP contribution in [-0.2, 0) is 0 Å². The first kappa shape index (κ1) is 21.0. The van der Waals surface area contributed by atoms with Crippen LogP contribution in [0, 0.1) is 0 Å². The van der Waals surface area contributed by atoms with Gasteiger partial charge < -0.3 is 20.4 Å². The standard InChI is InChI=1S/C8H2Br4O4.C3H8O2/c9-3-1(7(13)14)2(8(15)16)4(10)6(12)5(3)11;1-3(5)2-4/h(H,13,14)(H,15,16);3-5H,2H2,1H3. The fraction of sp³-hybridized carbons (Fsp3) is 0.273. The average Bonchev–Trinajstić information content (AvgIpc) is 2.39. The summed E-state index contributed by atoms with van der Waals surface area (Å²) in [6.07, 6.45) is -0.560. The predicted octanol–water partition coefficient (Wildman–Crippen LogP) is 3.49. The number of benzene rings is 1. The molecule has 1 atom stereocenters. The van der Waals surface area contributed by atoms with Gasteiger partial charge in [0.25, 0.3) is 0 Å². The number of aromatic carboxylic acids is 2. The zero-order chi connectivity index (χ0) is 16.9. The van der Waals surface area contributed by atoms with Crippen LogP contribution in [0.4, 0.5) is 0 Å². The van der Waals surface area contributed by atoms with Crippen molar-refractivity contribution in [1.82, 2.24) is 0 Å². The fourth-order valence-electron chi connectivity index (χ4n) is 1.03. The van der Waals surface area contributed by atoms with Crippen LogP contribution in [0.5, 0.6) is 0 Å². The summed E-state index contributed by atoms with van der Waals surface area (Å²) in [5, 5.41) is 34.0. The molecule has 0 amide bonds. The smallest absolute Gasteiger partial charge is 0.337 e. The minimum Gasteiger partial charge on any atom is -0.478 e. The lowest BCUT2D eigenvalue weighted by molar-refractivity contribution is 0.0649. The monoisotopic (exact) mass is 554 g/mol. The van der Waals surface area contributed by atoms with Crippen LogP contribution < -0.4 is 0 Å². The van der Waals surface area contributed by atoms with Crippen LogP contribution in [0.15, 0.2) is 17.9 Å². The molecule has 0 heterocycles. The summed E-state index contributed by atoms with van der Waals surface area (Å²) in [5.74, 6) is -2.64. The number of carboxylic acids is 2. The van der Waals surface area contributed by atoms with E-state index in [2.05, 4.69) is 63.7 Å². The van der Waals surface area contributed by atoms with Crippen molar-refractivity contribution < 1.29 is 30.0 Å². The fourth-order valence-corrected chi connectivity index (χ4v) is 3.49. The third-order valence-corrected chi connectivity index (χ3v) is 6.73. The molecule has 0 radical (unpaired) electrons. The molecule has 0 saturated heterocycles. The first-order valence-electron chi connectivity index (χ1n) is 5.17. The van der Waals surface area contributed by atoms with Crippen molar-refractivity contribution in [2.24, 2.45) is 0 Å². The van der Waals surface area contributed by atoms with Gasteiger partial charge in [0, 0.05) is 17.9 Å². The Bertz CT molecular complexity index is 513. The number of aliphatic hydroxyl groups excluding tert-OH is 2. The number of aliphatic hydroxyl groups is 2. The molecule has 0 aromatic heterocycles. The number of carbonyl (C=O) groups is 2. The Labute approximate surface area is 153 Å². The van der Waals surface area contributed by atoms with Gasteiger partial charge in [0.2, 0.25) is 0 Å². The highest BCUT2D eigenvalue weighted by Crippen LogP contribution is 2.42. The average molecular weight is 558 g/mol. The number of halogens is 4. The van der Waals surface area contributed by atoms with Crippen LogP contribution >= 0.6 is 63.7 Å². The number of hydrogen-bond donors (Lipinski definition) is 4. The number of hydrogen-bond acceptors (Lipinski definition) is 4. The summed E-state index contributed by atoms with van der Waals surface area (Å²) in [7, 11) is 0. The normalized spacial score (nSPS) is 11.4. The van der Waals surface area contributed by atoms with Crippen molar-refractivity contribution in [3.8, 4) is 0 Å². The minimum atomic E-state index is -1.32. The van der Waals surface area contributed by atoms with E-state index in [9.17, 15) is 9.59 Å². The number of carboxylic acid groups (broad SMARTS) is 2. The maximum Gasteiger partial charge on any atom is 0.337 e. The summed E-state index contributed by atoms with van der Waals surface area (Å²) in [4.78, 5) is 22.0. The molecule has 0 saturated carbocycles. The van der Waals surface area contributed by atoms with Crippen LogP contribution in [-0.4, -0.2) is 45.1 Å². The summed E-state index contributed by atoms with van der Waals surface area (Å²) in [6.45, 7) is 1.39. The molecule has 118 valence electrons. The molecular weight excluding hydrogens is 548 g/mol. The second kappa shape index (κ2) is 9.21. The van der Waals surface area contributed by atoms with Gasteiger partial charge in [-0.1, -0.05) is 0 Å². The first-order chi connectivity index (χ1) is 9.56. The Morgan fingerprint density at radius 2 is 1.14 bits per heavy atom. The molecule has 0 aliphatic rings. The van der Waals surface area contributed by atoms with Gasteiger partial charge in [-0.25, -0.2) is 9.59 Å². The molecule has 1 aromatic rings. The zero-order valence-corrected chi connectivity index (χ0v) is 16.7. The highest BCUT2D eigenvalue weighted by Gasteiger charge is 2.27. The third-order valence-electron chi connectivity index (χ3n) is 1.96. The van der Waals surface area contributed by atoms with Crippen molar-refractivity contribution in [3.63, 3.8) is 0 Å². The third kappa shape index (κ3) is 5.61. The topological polar surface area (TPSA) is 115 Å². The van der Waals surface area contributed by atoms with Gasteiger partial charge in [0.05, 0.1) is 23.8 Å². The highest BCUT2D eigenvalue weighted by atomic mass is 79.9. The second-order valence-electron chi connectivity index (χ2n) is 3.65. The lowest BCUT2D eigenvalue weighted by Crippen LogP contribution is -2.11. The van der Waals surface area contributed by atoms with Gasteiger partial charge in [-0.15, -0.1) is 0 Å². The van der Waals surface area contributed by atoms with E-state index in [1.807, 2.05) is 0 Å². The van der Waals surface area contributed by atoms with Crippen LogP contribution in [0.2, 0.25) is 0 Å². The Hall–Kier alpha value is -0.000000000000000222. The summed E-state index contributed by atoms with van der Waals surface area (Å²) >= 11 is 12.4. The van der Waals surface area contributed by atoms with Gasteiger partial charge >= 0.3 is 11.9 Å². The largest absolute Gasteiger partial charge is 0.478 e. The van der Waals surface area contributed by atoms with Gasteiger partial charge in [-0.2, -0.15) is 0 Å². The quantitative estimate of drug-likeness (QED) is 0.334. The SMILES string of the molecule is CC(O)CO.O=C(O)c1c(Br)c(Br)c(Br)c(Br)c1C(=O)O. The van der Waals surface area contributed by atoms with Crippen molar-refractivity contribution in [3.05, 3.63) is 29.0 Å². The van der Waals surface area contributed by atoms with E-state index in [4.69, 9.17) is 20.4 Å². The Balaban J connectivity index is 0.000000690. The molecule has 10 heteroatoms. The van der Waals surface area contributed by atoms with Gasteiger partial charge in [0.15, 0.2) is 0 Å². The summed E-state index contributed by atoms with van der Waals surface area (Å²) < 4.78 is 1.21. The molecule has 0 spiro atoms. The molecular formula is C11H10Br4O6. The minimum absolute atomic E-state index is 0.139. The van der Waals surface area contributed by atoms with E-state index in [1.54, 1.807) is 0 Å². The summed E-state index contributed by atoms with van der Waals surface area (Å²) in [5.41, 5.74) is -0.621. The molecule has 4 N–H and O–H groups in total. The molecule has 1 aromatic carbocycles. The molecule has 6 nitrogen and oxygen atoms in total. The lowest BCUT2D eigenvalue weighted by atomic mass is 10.1. The van der Waals surface area contributed by atoms with Gasteiger partial charge in [-0.05, 0) is 70.6 Å². The molecule has 21 heavy (non-hydrogen) atoms. The predicted molar refractivity (Wildman–Crippen MR) is 89.9 cm³/mol. The van der Waals surface area contributed by atoms with E-state index in [0.29, 0.717) is 8.95 Å². The summed E-state index contributed by atoms with van der Waals surface area (Å²) in [6, 6.07) is 0. The molecule has 0 aliphatic heterocycles. The molecule has 0 aliphatic carbocycles. The van der Waals surface area contributed by atoms with Crippen molar-refractivity contribution in [2.75, 3.05) is 6.61 Å². The van der Waals surface area contributed by atoms with Crippen LogP contribution in [0.25, 0.3) is 0 Å². The first-order valence-corrected chi connectivity index (χ1v) is 8.34. The van der Waals surface area contributed by atoms with E-state index in [0.717, 1.165) is 0 Å². The lowest BCUT2D eigenvalue weighted by Gasteiger charge is -2.11. The van der Waals surface area contributed by atoms with Crippen molar-refractivity contribution in [2.45, 2.75) is 13.0 Å².